The number of hydrogen-bond acceptors (Lipinski definition) is 3. The first-order valence-electron chi connectivity index (χ1n) is 6.94. The lowest BCUT2D eigenvalue weighted by atomic mass is 10.1. The molecule has 0 heterocycles. The molecule has 0 aliphatic heterocycles. The molecule has 0 saturated heterocycles. The highest BCUT2D eigenvalue weighted by atomic mass is 35.5. The normalized spacial score (nSPS) is 10.7. The van der Waals surface area contributed by atoms with Crippen molar-refractivity contribution in [1.29, 1.82) is 0 Å². The molecule has 2 aromatic carbocycles. The molecule has 4 nitrogen and oxygen atoms in total. The number of hydrazone groups is 1. The Morgan fingerprint density at radius 2 is 2.00 bits per heavy atom. The third kappa shape index (κ3) is 4.60. The van der Waals surface area contributed by atoms with Crippen LogP contribution in [0.3, 0.4) is 0 Å². The molecule has 22 heavy (non-hydrogen) atoms. The number of aryl methyl sites for hydroxylation is 2. The third-order valence-electron chi connectivity index (χ3n) is 3.12. The van der Waals surface area contributed by atoms with E-state index in [1.807, 2.05) is 44.2 Å². The monoisotopic (exact) mass is 315 g/mol. The van der Waals surface area contributed by atoms with Gasteiger partial charge in [0.05, 0.1) is 12.8 Å². The van der Waals surface area contributed by atoms with Crippen LogP contribution in [0.25, 0.3) is 0 Å². The van der Waals surface area contributed by atoms with Crippen molar-refractivity contribution < 1.29 is 4.79 Å². The SMILES string of the molecule is Cc1ccc(NCC(=O)NN=Cc2ccccc2Cl)c(C)c1. The van der Waals surface area contributed by atoms with Gasteiger partial charge < -0.3 is 5.32 Å². The molecule has 1 amide bonds. The largest absolute Gasteiger partial charge is 0.376 e. The predicted octanol–water partition coefficient (Wildman–Crippen LogP) is 3.52. The summed E-state index contributed by atoms with van der Waals surface area (Å²) in [4.78, 5) is 11.7. The van der Waals surface area contributed by atoms with Gasteiger partial charge in [-0.15, -0.1) is 0 Å². The fraction of sp³-hybridized carbons (Fsp3) is 0.176. The highest BCUT2D eigenvalue weighted by Gasteiger charge is 2.02. The molecule has 0 aliphatic carbocycles. The van der Waals surface area contributed by atoms with Crippen LogP contribution in [-0.2, 0) is 4.79 Å². The number of carbonyl (C=O) groups excluding carboxylic acids is 1. The number of halogens is 1. The van der Waals surface area contributed by atoms with Crippen molar-refractivity contribution in [1.82, 2.24) is 5.43 Å². The van der Waals surface area contributed by atoms with Crippen molar-refractivity contribution >= 4 is 29.4 Å². The summed E-state index contributed by atoms with van der Waals surface area (Å²) in [6, 6.07) is 13.3. The molecule has 0 aliphatic rings. The van der Waals surface area contributed by atoms with Gasteiger partial charge in [-0.05, 0) is 31.5 Å². The molecule has 0 radical (unpaired) electrons. The Balaban J connectivity index is 1.84. The van der Waals surface area contributed by atoms with Crippen molar-refractivity contribution in [2.24, 2.45) is 5.10 Å². The lowest BCUT2D eigenvalue weighted by Gasteiger charge is -2.09. The second-order valence-corrected chi connectivity index (χ2v) is 5.39. The van der Waals surface area contributed by atoms with E-state index in [1.54, 1.807) is 6.07 Å². The van der Waals surface area contributed by atoms with E-state index < -0.39 is 0 Å². The van der Waals surface area contributed by atoms with Crippen LogP contribution in [0.2, 0.25) is 5.02 Å². The number of benzene rings is 2. The number of hydrogen-bond donors (Lipinski definition) is 2. The van der Waals surface area contributed by atoms with E-state index in [1.165, 1.54) is 11.8 Å². The van der Waals surface area contributed by atoms with Crippen molar-refractivity contribution in [3.05, 3.63) is 64.2 Å². The minimum absolute atomic E-state index is 0.157. The van der Waals surface area contributed by atoms with E-state index in [-0.39, 0.29) is 12.5 Å². The Kier molecular flexibility index (Phi) is 5.55. The zero-order valence-electron chi connectivity index (χ0n) is 12.6. The van der Waals surface area contributed by atoms with Gasteiger partial charge in [-0.25, -0.2) is 5.43 Å². The number of carbonyl (C=O) groups is 1. The van der Waals surface area contributed by atoms with Gasteiger partial charge in [0.2, 0.25) is 0 Å². The molecule has 0 aromatic heterocycles. The fourth-order valence-corrected chi connectivity index (χ4v) is 2.17. The fourth-order valence-electron chi connectivity index (χ4n) is 1.98. The average molecular weight is 316 g/mol. The molecule has 5 heteroatoms. The number of rotatable bonds is 5. The maximum absolute atomic E-state index is 11.7. The highest BCUT2D eigenvalue weighted by molar-refractivity contribution is 6.33. The molecule has 2 rings (SSSR count). The second kappa shape index (κ2) is 7.61. The summed E-state index contributed by atoms with van der Waals surface area (Å²) < 4.78 is 0. The van der Waals surface area contributed by atoms with Gasteiger partial charge in [0.1, 0.15) is 0 Å². The van der Waals surface area contributed by atoms with Crippen LogP contribution in [0.4, 0.5) is 5.69 Å². The van der Waals surface area contributed by atoms with Crippen LogP contribution in [0, 0.1) is 13.8 Å². The maximum atomic E-state index is 11.7. The zero-order chi connectivity index (χ0) is 15.9. The standard InChI is InChI=1S/C17H18ClN3O/c1-12-7-8-16(13(2)9-12)19-11-17(22)21-20-10-14-5-3-4-6-15(14)18/h3-10,19H,11H2,1-2H3,(H,21,22). The van der Waals surface area contributed by atoms with Crippen molar-refractivity contribution in [3.63, 3.8) is 0 Å². The van der Waals surface area contributed by atoms with Crippen LogP contribution in [0.5, 0.6) is 0 Å². The van der Waals surface area contributed by atoms with Gasteiger partial charge in [-0.1, -0.05) is 47.5 Å². The van der Waals surface area contributed by atoms with Crippen molar-refractivity contribution in [2.45, 2.75) is 13.8 Å². The number of nitrogens with zero attached hydrogens (tertiary/aromatic N) is 1. The van der Waals surface area contributed by atoms with Crippen LogP contribution in [-0.4, -0.2) is 18.7 Å². The minimum atomic E-state index is -0.219. The summed E-state index contributed by atoms with van der Waals surface area (Å²) >= 11 is 5.99. The molecule has 2 aromatic rings. The maximum Gasteiger partial charge on any atom is 0.259 e. The van der Waals surface area contributed by atoms with E-state index in [0.717, 1.165) is 16.8 Å². The smallest absolute Gasteiger partial charge is 0.259 e. The van der Waals surface area contributed by atoms with E-state index in [0.29, 0.717) is 5.02 Å². The Hall–Kier alpha value is -2.33. The van der Waals surface area contributed by atoms with Crippen LogP contribution >= 0.6 is 11.6 Å². The van der Waals surface area contributed by atoms with Crippen molar-refractivity contribution in [3.8, 4) is 0 Å². The molecule has 0 unspecified atom stereocenters. The molecule has 0 spiro atoms. The predicted molar refractivity (Wildman–Crippen MR) is 91.6 cm³/mol. The highest BCUT2D eigenvalue weighted by Crippen LogP contribution is 2.15. The Bertz CT molecular complexity index is 698. The minimum Gasteiger partial charge on any atom is -0.376 e. The van der Waals surface area contributed by atoms with Gasteiger partial charge in [0.15, 0.2) is 0 Å². The zero-order valence-corrected chi connectivity index (χ0v) is 13.3. The second-order valence-electron chi connectivity index (χ2n) is 4.99. The first-order chi connectivity index (χ1) is 10.6. The lowest BCUT2D eigenvalue weighted by Crippen LogP contribution is -2.26. The molecule has 0 saturated carbocycles. The summed E-state index contributed by atoms with van der Waals surface area (Å²) in [7, 11) is 0. The molecular weight excluding hydrogens is 298 g/mol. The van der Waals surface area contributed by atoms with Crippen LogP contribution in [0.15, 0.2) is 47.6 Å². The summed E-state index contributed by atoms with van der Waals surface area (Å²) in [6.45, 7) is 4.19. The molecule has 0 atom stereocenters. The van der Waals surface area contributed by atoms with Gasteiger partial charge in [-0.3, -0.25) is 4.79 Å². The lowest BCUT2D eigenvalue weighted by molar-refractivity contribution is -0.119. The van der Waals surface area contributed by atoms with E-state index in [2.05, 4.69) is 21.9 Å². The average Bonchev–Trinajstić information content (AvgIpc) is 2.48. The van der Waals surface area contributed by atoms with Gasteiger partial charge in [-0.2, -0.15) is 5.10 Å². The Morgan fingerprint density at radius 3 is 2.73 bits per heavy atom. The first kappa shape index (κ1) is 16.0. The van der Waals surface area contributed by atoms with E-state index in [4.69, 9.17) is 11.6 Å². The van der Waals surface area contributed by atoms with Crippen LogP contribution < -0.4 is 10.7 Å². The summed E-state index contributed by atoms with van der Waals surface area (Å²) in [5.74, 6) is -0.219. The summed E-state index contributed by atoms with van der Waals surface area (Å²) in [5.41, 5.74) is 6.46. The summed E-state index contributed by atoms with van der Waals surface area (Å²) in [6.07, 6.45) is 1.53. The Morgan fingerprint density at radius 1 is 1.23 bits per heavy atom. The number of nitrogens with one attached hydrogen (secondary N) is 2. The van der Waals surface area contributed by atoms with Crippen molar-refractivity contribution in [2.75, 3.05) is 11.9 Å². The first-order valence-corrected chi connectivity index (χ1v) is 7.31. The quantitative estimate of drug-likeness (QED) is 0.655. The topological polar surface area (TPSA) is 53.5 Å². The van der Waals surface area contributed by atoms with Gasteiger partial charge in [0, 0.05) is 16.3 Å². The van der Waals surface area contributed by atoms with Gasteiger partial charge >= 0.3 is 0 Å². The van der Waals surface area contributed by atoms with E-state index in [9.17, 15) is 4.79 Å². The molecule has 0 fully saturated rings. The molecule has 0 bridgehead atoms. The number of anilines is 1. The molecule has 114 valence electrons. The van der Waals surface area contributed by atoms with Crippen LogP contribution in [0.1, 0.15) is 16.7 Å². The number of amides is 1. The van der Waals surface area contributed by atoms with E-state index >= 15 is 0 Å². The molecule has 2 N–H and O–H groups in total. The molecular formula is C17H18ClN3O. The Labute approximate surface area is 135 Å². The summed E-state index contributed by atoms with van der Waals surface area (Å²) in [5, 5.41) is 7.58. The van der Waals surface area contributed by atoms with Gasteiger partial charge in [0.25, 0.3) is 5.91 Å². The third-order valence-corrected chi connectivity index (χ3v) is 3.46.